The van der Waals surface area contributed by atoms with Gasteiger partial charge in [-0.25, -0.2) is 0 Å². The van der Waals surface area contributed by atoms with Gasteiger partial charge in [0.1, 0.15) is 0 Å². The van der Waals surface area contributed by atoms with E-state index in [0.29, 0.717) is 6.42 Å². The van der Waals surface area contributed by atoms with Gasteiger partial charge in [-0.1, -0.05) is 6.92 Å². The quantitative estimate of drug-likeness (QED) is 0.320. The normalized spacial score (nSPS) is 11.1. The second kappa shape index (κ2) is 18.0. The summed E-state index contributed by atoms with van der Waals surface area (Å²) in [6.45, 7) is 3.97. The fraction of sp³-hybridized carbons (Fsp3) is 1.00. The molecule has 0 saturated heterocycles. The van der Waals surface area contributed by atoms with E-state index < -0.39 is 10.1 Å². The molecular formula is C15H33NaO3S. The minimum absolute atomic E-state index is 0.132. The third-order valence-corrected chi connectivity index (χ3v) is 4.80. The SMILES string of the molecule is CCCCCCCCCCC[CH2][Na].CCCS(=O)(=O)O. The first-order valence-electron chi connectivity index (χ1n) is 8.43. The van der Waals surface area contributed by atoms with Crippen molar-refractivity contribution in [3.63, 3.8) is 0 Å². The van der Waals surface area contributed by atoms with Crippen molar-refractivity contribution in [1.29, 1.82) is 0 Å². The molecule has 0 spiro atoms. The van der Waals surface area contributed by atoms with Crippen molar-refractivity contribution in [3.8, 4) is 0 Å². The van der Waals surface area contributed by atoms with Crippen LogP contribution in [0.3, 0.4) is 0 Å². The largest absolute Gasteiger partial charge is 0.286 e. The summed E-state index contributed by atoms with van der Waals surface area (Å²) in [5.41, 5.74) is 0. The molecule has 5 heteroatoms. The molecule has 0 bridgehead atoms. The maximum absolute atomic E-state index is 9.79. The van der Waals surface area contributed by atoms with Crippen molar-refractivity contribution in [2.45, 2.75) is 88.1 Å². The van der Waals surface area contributed by atoms with Crippen molar-refractivity contribution in [3.05, 3.63) is 0 Å². The standard InChI is InChI=1S/C12H25.C3H8O3S.Na/c1-3-5-7-9-11-12-10-8-6-4-2;1-2-3-7(4,5)6;/h1,3-12H2,2H3;2-3H2,1H3,(H,4,5,6);. The minimum Gasteiger partial charge on any atom is -0.286 e. The zero-order valence-electron chi connectivity index (χ0n) is 13.9. The molecule has 0 heterocycles. The molecular weight excluding hydrogens is 283 g/mol. The molecule has 3 nitrogen and oxygen atoms in total. The molecule has 0 rings (SSSR count). The molecule has 0 aliphatic carbocycles. The number of rotatable bonds is 12. The summed E-state index contributed by atoms with van der Waals surface area (Å²) in [6.07, 6.45) is 15.2. The molecule has 0 saturated carbocycles. The van der Waals surface area contributed by atoms with Gasteiger partial charge in [0.25, 0.3) is 10.1 Å². The Kier molecular flexibility index (Phi) is 20.8. The number of unbranched alkanes of at least 4 members (excludes halogenated alkanes) is 9. The molecule has 1 N–H and O–H groups in total. The molecule has 0 unspecified atom stereocenters. The molecule has 20 heavy (non-hydrogen) atoms. The van der Waals surface area contributed by atoms with Crippen LogP contribution >= 0.6 is 0 Å². The molecule has 0 radical (unpaired) electrons. The Bertz CT molecular complexity index is 256. The van der Waals surface area contributed by atoms with Crippen LogP contribution in [-0.2, 0) is 10.1 Å². The second-order valence-electron chi connectivity index (χ2n) is 5.47. The van der Waals surface area contributed by atoms with Gasteiger partial charge in [0.05, 0.1) is 5.75 Å². The number of hydrogen-bond donors (Lipinski definition) is 1. The fourth-order valence-corrected chi connectivity index (χ4v) is 3.01. The summed E-state index contributed by atoms with van der Waals surface area (Å²) in [5.74, 6) is -0.132. The monoisotopic (exact) mass is 316 g/mol. The van der Waals surface area contributed by atoms with Gasteiger partial charge in [-0.05, 0) is 6.42 Å². The zero-order chi connectivity index (χ0) is 15.7. The Labute approximate surface area is 144 Å². The van der Waals surface area contributed by atoms with Crippen LogP contribution < -0.4 is 0 Å². The topological polar surface area (TPSA) is 54.4 Å². The van der Waals surface area contributed by atoms with Gasteiger partial charge in [0, 0.05) is 0 Å². The van der Waals surface area contributed by atoms with E-state index in [4.69, 9.17) is 4.55 Å². The van der Waals surface area contributed by atoms with E-state index in [0.717, 1.165) is 0 Å². The van der Waals surface area contributed by atoms with Gasteiger partial charge in [-0.15, -0.1) is 0 Å². The third-order valence-electron chi connectivity index (χ3n) is 3.17. The fourth-order valence-electron chi connectivity index (χ4n) is 2.00. The van der Waals surface area contributed by atoms with E-state index in [1.807, 2.05) is 0 Å². The first-order valence-corrected chi connectivity index (χ1v) is 11.4. The zero-order valence-corrected chi connectivity index (χ0v) is 16.7. The van der Waals surface area contributed by atoms with Crippen LogP contribution in [0.4, 0.5) is 0 Å². The average molecular weight is 316 g/mol. The Balaban J connectivity index is 0. The molecule has 0 amide bonds. The summed E-state index contributed by atoms with van der Waals surface area (Å²) in [5, 5.41) is 0. The first-order chi connectivity index (χ1) is 9.47. The van der Waals surface area contributed by atoms with Gasteiger partial charge >= 0.3 is 103 Å². The van der Waals surface area contributed by atoms with Crippen LogP contribution in [0.1, 0.15) is 84.5 Å². The van der Waals surface area contributed by atoms with Crippen molar-refractivity contribution in [2.75, 3.05) is 5.75 Å². The van der Waals surface area contributed by atoms with Crippen molar-refractivity contribution >= 4 is 38.0 Å². The van der Waals surface area contributed by atoms with Crippen molar-refractivity contribution in [1.82, 2.24) is 0 Å². The van der Waals surface area contributed by atoms with Gasteiger partial charge in [0.2, 0.25) is 0 Å². The van der Waals surface area contributed by atoms with E-state index in [1.165, 1.54) is 95.8 Å². The third kappa shape index (κ3) is 27.3. The Morgan fingerprint density at radius 2 is 1.15 bits per heavy atom. The predicted octanol–water partition coefficient (Wildman–Crippen LogP) is 4.78. The Hall–Kier alpha value is 0.910. The average Bonchev–Trinajstić information content (AvgIpc) is 2.36. The minimum atomic E-state index is -3.67. The van der Waals surface area contributed by atoms with Crippen LogP contribution in [0.25, 0.3) is 0 Å². The summed E-state index contributed by atoms with van der Waals surface area (Å²) in [4.78, 5) is 0. The molecule has 0 aromatic heterocycles. The molecule has 118 valence electrons. The molecule has 0 aromatic rings. The molecule has 0 aliphatic rings. The van der Waals surface area contributed by atoms with Crippen molar-refractivity contribution < 1.29 is 13.0 Å². The summed E-state index contributed by atoms with van der Waals surface area (Å²) < 4.78 is 29.1. The van der Waals surface area contributed by atoms with E-state index in [2.05, 4.69) is 6.92 Å². The molecule has 0 fully saturated rings. The molecule has 0 atom stereocenters. The summed E-state index contributed by atoms with van der Waals surface area (Å²) in [7, 11) is -3.67. The Morgan fingerprint density at radius 1 is 0.750 bits per heavy atom. The van der Waals surface area contributed by atoms with E-state index in [-0.39, 0.29) is 5.75 Å². The van der Waals surface area contributed by atoms with Crippen LogP contribution in [0.15, 0.2) is 0 Å². The maximum Gasteiger partial charge on any atom is 0.264 e. The maximum atomic E-state index is 9.79. The van der Waals surface area contributed by atoms with E-state index >= 15 is 0 Å². The van der Waals surface area contributed by atoms with E-state index in [9.17, 15) is 8.42 Å². The van der Waals surface area contributed by atoms with Crippen LogP contribution in [0, 0.1) is 0 Å². The second-order valence-corrected chi connectivity index (χ2v) is 8.04. The molecule has 0 aliphatic heterocycles. The van der Waals surface area contributed by atoms with Crippen molar-refractivity contribution in [2.24, 2.45) is 0 Å². The number of hydrogen-bond acceptors (Lipinski definition) is 2. The summed E-state index contributed by atoms with van der Waals surface area (Å²) in [6, 6.07) is 0. The van der Waals surface area contributed by atoms with Gasteiger partial charge in [-0.3, -0.25) is 4.55 Å². The van der Waals surface area contributed by atoms with Crippen LogP contribution in [-0.4, -0.2) is 46.7 Å². The summed E-state index contributed by atoms with van der Waals surface area (Å²) >= 11 is 1.41. The van der Waals surface area contributed by atoms with Crippen LogP contribution in [0.5, 0.6) is 0 Å². The smallest absolute Gasteiger partial charge is 0.264 e. The van der Waals surface area contributed by atoms with Gasteiger partial charge in [-0.2, -0.15) is 8.42 Å². The van der Waals surface area contributed by atoms with E-state index in [1.54, 1.807) is 6.92 Å². The Morgan fingerprint density at radius 3 is 1.40 bits per heavy atom. The van der Waals surface area contributed by atoms with Crippen LogP contribution in [0.2, 0.25) is 3.67 Å². The predicted molar refractivity (Wildman–Crippen MR) is 89.1 cm³/mol. The van der Waals surface area contributed by atoms with Gasteiger partial charge in [0.15, 0.2) is 0 Å². The van der Waals surface area contributed by atoms with Gasteiger partial charge < -0.3 is 0 Å². The molecule has 0 aromatic carbocycles. The first kappa shape index (κ1) is 23.2.